The summed E-state index contributed by atoms with van der Waals surface area (Å²) in [4.78, 5) is 7.17. The lowest BCUT2D eigenvalue weighted by Crippen LogP contribution is -2.46. The normalized spacial score (nSPS) is 22.3. The third-order valence-corrected chi connectivity index (χ3v) is 7.37. The molecular weight excluding hydrogens is 401 g/mol. The summed E-state index contributed by atoms with van der Waals surface area (Å²) in [5, 5.41) is 3.42. The SMILES string of the molecule is CN(Cc1cc(F)ccc1C1CC1)C1CC(OCCCCc2ccc3c(n2)NCCC3)C1. The van der Waals surface area contributed by atoms with Crippen molar-refractivity contribution in [3.05, 3.63) is 58.5 Å². The Bertz CT molecular complexity index is 923. The fourth-order valence-electron chi connectivity index (χ4n) is 5.10. The third kappa shape index (κ3) is 5.32. The van der Waals surface area contributed by atoms with Gasteiger partial charge in [-0.15, -0.1) is 0 Å². The number of anilines is 1. The summed E-state index contributed by atoms with van der Waals surface area (Å²) < 4.78 is 19.9. The van der Waals surface area contributed by atoms with E-state index in [0.29, 0.717) is 18.1 Å². The van der Waals surface area contributed by atoms with Gasteiger partial charge in [0, 0.05) is 31.4 Å². The first kappa shape index (κ1) is 21.8. The van der Waals surface area contributed by atoms with Crippen LogP contribution in [0.25, 0.3) is 0 Å². The van der Waals surface area contributed by atoms with Crippen LogP contribution < -0.4 is 5.32 Å². The van der Waals surface area contributed by atoms with Crippen LogP contribution in [0.15, 0.2) is 30.3 Å². The Labute approximate surface area is 191 Å². The van der Waals surface area contributed by atoms with Gasteiger partial charge >= 0.3 is 0 Å². The van der Waals surface area contributed by atoms with E-state index < -0.39 is 0 Å². The Balaban J connectivity index is 0.990. The first-order valence-corrected chi connectivity index (χ1v) is 12.5. The number of aryl methyl sites for hydroxylation is 2. The smallest absolute Gasteiger partial charge is 0.129 e. The molecule has 172 valence electrons. The Hall–Kier alpha value is -1.98. The predicted molar refractivity (Wildman–Crippen MR) is 127 cm³/mol. The van der Waals surface area contributed by atoms with Crippen molar-refractivity contribution >= 4 is 5.82 Å². The average molecular weight is 438 g/mol. The molecule has 1 N–H and O–H groups in total. The highest BCUT2D eigenvalue weighted by Gasteiger charge is 2.33. The molecule has 1 aromatic carbocycles. The van der Waals surface area contributed by atoms with E-state index in [2.05, 4.69) is 29.4 Å². The van der Waals surface area contributed by atoms with Crippen LogP contribution in [0.4, 0.5) is 10.2 Å². The molecule has 4 nitrogen and oxygen atoms in total. The maximum absolute atomic E-state index is 13.8. The molecule has 0 spiro atoms. The zero-order valence-electron chi connectivity index (χ0n) is 19.3. The second-order valence-electron chi connectivity index (χ2n) is 9.95. The minimum Gasteiger partial charge on any atom is -0.378 e. The van der Waals surface area contributed by atoms with Gasteiger partial charge in [-0.3, -0.25) is 4.90 Å². The summed E-state index contributed by atoms with van der Waals surface area (Å²) >= 11 is 0. The fourth-order valence-corrected chi connectivity index (χ4v) is 5.10. The van der Waals surface area contributed by atoms with Crippen molar-refractivity contribution < 1.29 is 9.13 Å². The Morgan fingerprint density at radius 1 is 1.16 bits per heavy atom. The molecule has 0 atom stereocenters. The number of hydrogen-bond donors (Lipinski definition) is 1. The van der Waals surface area contributed by atoms with Gasteiger partial charge in [0.2, 0.25) is 0 Å². The van der Waals surface area contributed by atoms with Crippen LogP contribution in [-0.2, 0) is 24.1 Å². The molecule has 0 radical (unpaired) electrons. The van der Waals surface area contributed by atoms with Gasteiger partial charge in [0.25, 0.3) is 0 Å². The van der Waals surface area contributed by atoms with E-state index in [-0.39, 0.29) is 5.82 Å². The second kappa shape index (κ2) is 9.88. The standard InChI is InChI=1S/C27H36FN3O/c1-31(18-21-15-22(28)10-12-26(21)19-7-8-19)24-16-25(17-24)32-14-3-2-6-23-11-9-20-5-4-13-29-27(20)30-23/h9-12,15,19,24-25H,2-8,13-14,16-18H2,1H3,(H,29,30). The maximum Gasteiger partial charge on any atom is 0.129 e. The van der Waals surface area contributed by atoms with Gasteiger partial charge in [-0.05, 0) is 106 Å². The minimum absolute atomic E-state index is 0.116. The largest absolute Gasteiger partial charge is 0.378 e. The van der Waals surface area contributed by atoms with Crippen molar-refractivity contribution in [3.8, 4) is 0 Å². The highest BCUT2D eigenvalue weighted by atomic mass is 19.1. The van der Waals surface area contributed by atoms with E-state index >= 15 is 0 Å². The molecule has 2 fully saturated rings. The van der Waals surface area contributed by atoms with E-state index in [4.69, 9.17) is 9.72 Å². The summed E-state index contributed by atoms with van der Waals surface area (Å²) in [6.07, 6.45) is 10.6. The highest BCUT2D eigenvalue weighted by molar-refractivity contribution is 5.47. The number of hydrogen-bond acceptors (Lipinski definition) is 4. The van der Waals surface area contributed by atoms with Crippen LogP contribution in [0.3, 0.4) is 0 Å². The molecule has 0 unspecified atom stereocenters. The zero-order chi connectivity index (χ0) is 21.9. The number of unbranched alkanes of at least 4 members (excludes halogenated alkanes) is 1. The Morgan fingerprint density at radius 3 is 2.88 bits per heavy atom. The van der Waals surface area contributed by atoms with Crippen LogP contribution >= 0.6 is 0 Å². The van der Waals surface area contributed by atoms with E-state index in [1.165, 1.54) is 41.6 Å². The molecule has 5 heteroatoms. The molecule has 2 aromatic rings. The van der Waals surface area contributed by atoms with E-state index in [1.54, 1.807) is 12.1 Å². The van der Waals surface area contributed by atoms with Gasteiger partial charge in [0.15, 0.2) is 0 Å². The van der Waals surface area contributed by atoms with Crippen LogP contribution in [-0.4, -0.2) is 42.2 Å². The van der Waals surface area contributed by atoms with Crippen molar-refractivity contribution in [1.29, 1.82) is 0 Å². The van der Waals surface area contributed by atoms with Crippen molar-refractivity contribution in [2.75, 3.05) is 25.5 Å². The Morgan fingerprint density at radius 2 is 2.03 bits per heavy atom. The second-order valence-corrected chi connectivity index (χ2v) is 9.95. The molecule has 2 heterocycles. The van der Waals surface area contributed by atoms with Gasteiger partial charge in [-0.1, -0.05) is 12.1 Å². The molecule has 0 amide bonds. The van der Waals surface area contributed by atoms with Crippen molar-refractivity contribution in [1.82, 2.24) is 9.88 Å². The molecule has 2 aliphatic carbocycles. The monoisotopic (exact) mass is 437 g/mol. The number of rotatable bonds is 10. The third-order valence-electron chi connectivity index (χ3n) is 7.37. The molecule has 1 aliphatic heterocycles. The number of nitrogens with zero attached hydrogens (tertiary/aromatic N) is 2. The van der Waals surface area contributed by atoms with Crippen molar-refractivity contribution in [3.63, 3.8) is 0 Å². The lowest BCUT2D eigenvalue weighted by Gasteiger charge is -2.41. The zero-order valence-corrected chi connectivity index (χ0v) is 19.3. The number of fused-ring (bicyclic) bond motifs is 1. The van der Waals surface area contributed by atoms with Gasteiger partial charge in [0.1, 0.15) is 11.6 Å². The molecule has 0 saturated heterocycles. The number of halogens is 1. The molecule has 2 saturated carbocycles. The van der Waals surface area contributed by atoms with Crippen molar-refractivity contribution in [2.24, 2.45) is 0 Å². The summed E-state index contributed by atoms with van der Waals surface area (Å²) in [6, 6.07) is 10.3. The van der Waals surface area contributed by atoms with Crippen LogP contribution in [0, 0.1) is 5.82 Å². The highest BCUT2D eigenvalue weighted by Crippen LogP contribution is 2.42. The van der Waals surface area contributed by atoms with Gasteiger partial charge in [-0.25, -0.2) is 9.37 Å². The van der Waals surface area contributed by atoms with Gasteiger partial charge < -0.3 is 10.1 Å². The van der Waals surface area contributed by atoms with Crippen LogP contribution in [0.1, 0.15) is 73.2 Å². The van der Waals surface area contributed by atoms with Crippen LogP contribution in [0.2, 0.25) is 0 Å². The molecular formula is C27H36FN3O. The number of benzene rings is 1. The molecule has 5 rings (SSSR count). The van der Waals surface area contributed by atoms with Gasteiger partial charge in [0.05, 0.1) is 6.10 Å². The number of aromatic nitrogens is 1. The number of pyridine rings is 1. The minimum atomic E-state index is -0.116. The summed E-state index contributed by atoms with van der Waals surface area (Å²) in [5.74, 6) is 1.64. The molecule has 3 aliphatic rings. The lowest BCUT2D eigenvalue weighted by atomic mass is 9.87. The topological polar surface area (TPSA) is 37.4 Å². The number of ether oxygens (including phenoxy) is 1. The fraction of sp³-hybridized carbons (Fsp3) is 0.593. The quantitative estimate of drug-likeness (QED) is 0.501. The summed E-state index contributed by atoms with van der Waals surface area (Å²) in [7, 11) is 2.17. The van der Waals surface area contributed by atoms with Gasteiger partial charge in [-0.2, -0.15) is 0 Å². The summed E-state index contributed by atoms with van der Waals surface area (Å²) in [5.41, 5.74) is 5.07. The first-order valence-electron chi connectivity index (χ1n) is 12.5. The predicted octanol–water partition coefficient (Wildman–Crippen LogP) is 5.46. The van der Waals surface area contributed by atoms with E-state index in [0.717, 1.165) is 64.0 Å². The molecule has 32 heavy (non-hydrogen) atoms. The van der Waals surface area contributed by atoms with Crippen LogP contribution in [0.5, 0.6) is 0 Å². The van der Waals surface area contributed by atoms with Crippen molar-refractivity contribution in [2.45, 2.75) is 82.4 Å². The summed E-state index contributed by atoms with van der Waals surface area (Å²) in [6.45, 7) is 2.71. The van der Waals surface area contributed by atoms with E-state index in [1.807, 2.05) is 6.07 Å². The average Bonchev–Trinajstić information content (AvgIpc) is 3.60. The lowest BCUT2D eigenvalue weighted by molar-refractivity contribution is -0.0478. The maximum atomic E-state index is 13.8. The number of nitrogens with one attached hydrogen (secondary N) is 1. The molecule has 0 bridgehead atoms. The van der Waals surface area contributed by atoms with E-state index in [9.17, 15) is 4.39 Å². The molecule has 1 aromatic heterocycles. The first-order chi connectivity index (χ1) is 15.7. The Kier molecular flexibility index (Phi) is 6.74.